The molecule has 0 spiro atoms. The summed E-state index contributed by atoms with van der Waals surface area (Å²) in [5.74, 6) is 0.768. The summed E-state index contributed by atoms with van der Waals surface area (Å²) in [7, 11) is 0. The maximum Gasteiger partial charge on any atom is 0.275 e. The first kappa shape index (κ1) is 11.2. The number of H-pyrrole nitrogens is 1. The molecular formula is C8H7N7OS2. The number of anilines is 1. The molecule has 3 aromatic rings. The monoisotopic (exact) mass is 281 g/mol. The summed E-state index contributed by atoms with van der Waals surface area (Å²) in [6.45, 7) is 0. The van der Waals surface area contributed by atoms with E-state index in [1.807, 2.05) is 0 Å². The molecular weight excluding hydrogens is 274 g/mol. The van der Waals surface area contributed by atoms with Gasteiger partial charge in [0.15, 0.2) is 0 Å². The van der Waals surface area contributed by atoms with Crippen LogP contribution in [0.15, 0.2) is 21.5 Å². The van der Waals surface area contributed by atoms with Crippen LogP contribution < -0.4 is 11.3 Å². The second kappa shape index (κ2) is 4.38. The molecule has 0 aliphatic carbocycles. The van der Waals surface area contributed by atoms with Gasteiger partial charge in [0.25, 0.3) is 5.56 Å². The van der Waals surface area contributed by atoms with Crippen LogP contribution in [0.1, 0.15) is 5.69 Å². The number of nitrogens with zero attached hydrogens (tertiary/aromatic N) is 5. The van der Waals surface area contributed by atoms with E-state index in [-0.39, 0.29) is 11.5 Å². The summed E-state index contributed by atoms with van der Waals surface area (Å²) >= 11 is 2.67. The highest BCUT2D eigenvalue weighted by molar-refractivity contribution is 7.98. The number of hydrogen-bond donors (Lipinski definition) is 2. The molecule has 0 radical (unpaired) electrons. The number of hydrogen-bond acceptors (Lipinski definition) is 8. The highest BCUT2D eigenvalue weighted by atomic mass is 32.2. The van der Waals surface area contributed by atoms with Crippen molar-refractivity contribution in [2.24, 2.45) is 0 Å². The van der Waals surface area contributed by atoms with Crippen LogP contribution in [-0.4, -0.2) is 29.8 Å². The molecule has 3 aromatic heterocycles. The van der Waals surface area contributed by atoms with Crippen molar-refractivity contribution in [3.63, 3.8) is 0 Å². The minimum absolute atomic E-state index is 0.189. The molecule has 18 heavy (non-hydrogen) atoms. The Morgan fingerprint density at radius 1 is 1.50 bits per heavy atom. The average Bonchev–Trinajstić information content (AvgIpc) is 2.95. The number of nitrogens with two attached hydrogens (primary N) is 1. The summed E-state index contributed by atoms with van der Waals surface area (Å²) in [6.07, 6.45) is 0. The fourth-order valence-electron chi connectivity index (χ4n) is 1.34. The third-order valence-electron chi connectivity index (χ3n) is 2.07. The minimum Gasteiger partial charge on any atom is -0.368 e. The second-order valence-corrected chi connectivity index (χ2v) is 5.06. The zero-order valence-corrected chi connectivity index (χ0v) is 10.5. The number of thioether (sulfide) groups is 1. The summed E-state index contributed by atoms with van der Waals surface area (Å²) in [4.78, 5) is 20.5. The molecule has 3 heterocycles. The quantitative estimate of drug-likeness (QED) is 0.656. The number of rotatable bonds is 3. The van der Waals surface area contributed by atoms with Crippen molar-refractivity contribution < 1.29 is 0 Å². The first-order valence-corrected chi connectivity index (χ1v) is 6.72. The van der Waals surface area contributed by atoms with E-state index in [1.165, 1.54) is 33.7 Å². The average molecular weight is 281 g/mol. The molecule has 10 heteroatoms. The normalized spacial score (nSPS) is 11.1. The van der Waals surface area contributed by atoms with Crippen LogP contribution in [0.5, 0.6) is 0 Å². The SMILES string of the molecule is Nc1nc(SCc2cc(=O)n3ncsc3n2)n[nH]1. The highest BCUT2D eigenvalue weighted by Gasteiger charge is 2.07. The third-order valence-corrected chi connectivity index (χ3v) is 3.63. The number of nitrogens with one attached hydrogen (secondary N) is 1. The van der Waals surface area contributed by atoms with E-state index in [4.69, 9.17) is 5.73 Å². The van der Waals surface area contributed by atoms with Gasteiger partial charge in [0, 0.05) is 11.8 Å². The molecule has 0 saturated heterocycles. The third kappa shape index (κ3) is 2.07. The second-order valence-electron chi connectivity index (χ2n) is 3.31. The molecule has 0 aliphatic rings. The lowest BCUT2D eigenvalue weighted by molar-refractivity contribution is 0.888. The maximum atomic E-state index is 11.7. The predicted octanol–water partition coefficient (Wildman–Crippen LogP) is 0.144. The lowest BCUT2D eigenvalue weighted by Gasteiger charge is -1.97. The van der Waals surface area contributed by atoms with Crippen molar-refractivity contribution in [3.8, 4) is 0 Å². The Bertz CT molecular complexity index is 745. The van der Waals surface area contributed by atoms with Crippen molar-refractivity contribution in [2.75, 3.05) is 5.73 Å². The van der Waals surface area contributed by atoms with Crippen LogP contribution in [-0.2, 0) is 5.75 Å². The van der Waals surface area contributed by atoms with Crippen LogP contribution in [0.4, 0.5) is 5.95 Å². The molecule has 0 saturated carbocycles. The van der Waals surface area contributed by atoms with E-state index < -0.39 is 0 Å². The van der Waals surface area contributed by atoms with Crippen LogP contribution in [0.25, 0.3) is 4.96 Å². The molecule has 0 fully saturated rings. The van der Waals surface area contributed by atoms with Crippen LogP contribution in [0.2, 0.25) is 0 Å². The van der Waals surface area contributed by atoms with Gasteiger partial charge in [-0.3, -0.25) is 4.79 Å². The molecule has 0 amide bonds. The zero-order valence-electron chi connectivity index (χ0n) is 8.90. The molecule has 3 rings (SSSR count). The standard InChI is InChI=1S/C8H7N7OS2/c9-6-12-7(14-13-6)17-2-4-1-5(16)15-8(11-4)18-3-10-15/h1,3H,2H2,(H3,9,12,13,14). The molecule has 3 N–H and O–H groups in total. The molecule has 0 bridgehead atoms. The fraction of sp³-hybridized carbons (Fsp3) is 0.125. The van der Waals surface area contributed by atoms with E-state index in [9.17, 15) is 4.79 Å². The van der Waals surface area contributed by atoms with Crippen LogP contribution >= 0.6 is 23.1 Å². The van der Waals surface area contributed by atoms with Crippen LogP contribution in [0, 0.1) is 0 Å². The van der Waals surface area contributed by atoms with E-state index in [0.29, 0.717) is 21.6 Å². The van der Waals surface area contributed by atoms with Gasteiger partial charge in [0.2, 0.25) is 16.1 Å². The molecule has 0 atom stereocenters. The van der Waals surface area contributed by atoms with Gasteiger partial charge in [-0.25, -0.2) is 10.1 Å². The van der Waals surface area contributed by atoms with Gasteiger partial charge >= 0.3 is 0 Å². The van der Waals surface area contributed by atoms with Crippen molar-refractivity contribution in [1.29, 1.82) is 0 Å². The highest BCUT2D eigenvalue weighted by Crippen LogP contribution is 2.18. The Balaban J connectivity index is 1.84. The predicted molar refractivity (Wildman–Crippen MR) is 67.5 cm³/mol. The van der Waals surface area contributed by atoms with Crippen LogP contribution in [0.3, 0.4) is 0 Å². The minimum atomic E-state index is -0.189. The van der Waals surface area contributed by atoms with Gasteiger partial charge in [-0.15, -0.1) is 5.10 Å². The van der Waals surface area contributed by atoms with Crippen molar-refractivity contribution >= 4 is 34.0 Å². The summed E-state index contributed by atoms with van der Waals surface area (Å²) in [5, 5.41) is 10.8. The van der Waals surface area contributed by atoms with E-state index in [1.54, 1.807) is 5.51 Å². The van der Waals surface area contributed by atoms with E-state index in [2.05, 4.69) is 25.3 Å². The largest absolute Gasteiger partial charge is 0.368 e. The summed E-state index contributed by atoms with van der Waals surface area (Å²) in [5.41, 5.74) is 7.47. The van der Waals surface area contributed by atoms with Gasteiger partial charge < -0.3 is 5.73 Å². The van der Waals surface area contributed by atoms with Gasteiger partial charge in [-0.1, -0.05) is 23.1 Å². The van der Waals surface area contributed by atoms with Gasteiger partial charge in [0.05, 0.1) is 5.69 Å². The lowest BCUT2D eigenvalue weighted by atomic mass is 10.4. The van der Waals surface area contributed by atoms with Gasteiger partial charge in [0.1, 0.15) is 5.51 Å². The lowest BCUT2D eigenvalue weighted by Crippen LogP contribution is -2.14. The topological polar surface area (TPSA) is 115 Å². The fourth-order valence-corrected chi connectivity index (χ4v) is 2.68. The Hall–Kier alpha value is -1.94. The Morgan fingerprint density at radius 3 is 3.17 bits per heavy atom. The Labute approximate surface area is 108 Å². The van der Waals surface area contributed by atoms with Gasteiger partial charge in [-0.2, -0.15) is 14.6 Å². The van der Waals surface area contributed by atoms with Gasteiger partial charge in [-0.05, 0) is 0 Å². The molecule has 0 aliphatic heterocycles. The number of nitrogen functional groups attached to an aromatic ring is 1. The van der Waals surface area contributed by atoms with E-state index >= 15 is 0 Å². The Morgan fingerprint density at radius 2 is 2.39 bits per heavy atom. The first-order valence-electron chi connectivity index (χ1n) is 4.85. The molecule has 8 nitrogen and oxygen atoms in total. The van der Waals surface area contributed by atoms with E-state index in [0.717, 1.165) is 0 Å². The molecule has 0 aromatic carbocycles. The zero-order chi connectivity index (χ0) is 12.5. The summed E-state index contributed by atoms with van der Waals surface area (Å²) in [6, 6.07) is 1.45. The van der Waals surface area contributed by atoms with Crippen molar-refractivity contribution in [2.45, 2.75) is 10.9 Å². The van der Waals surface area contributed by atoms with Crippen molar-refractivity contribution in [1.82, 2.24) is 29.8 Å². The number of aromatic amines is 1. The molecule has 0 unspecified atom stereocenters. The van der Waals surface area contributed by atoms with Crippen molar-refractivity contribution in [3.05, 3.63) is 27.6 Å². The Kier molecular flexibility index (Phi) is 2.72. The number of aromatic nitrogens is 6. The maximum absolute atomic E-state index is 11.7. The first-order chi connectivity index (χ1) is 8.72. The number of fused-ring (bicyclic) bond motifs is 1. The summed E-state index contributed by atoms with van der Waals surface area (Å²) < 4.78 is 1.27. The smallest absolute Gasteiger partial charge is 0.275 e. The molecule has 92 valence electrons.